The average Bonchev–Trinajstić information content (AvgIpc) is 2.36. The Hall–Kier alpha value is -2.03. The lowest BCUT2D eigenvalue weighted by atomic mass is 10.1. The number of rotatable bonds is 0. The van der Waals surface area contributed by atoms with Crippen LogP contribution in [0.25, 0.3) is 10.8 Å². The molecule has 0 amide bonds. The van der Waals surface area contributed by atoms with Crippen molar-refractivity contribution in [3.8, 4) is 11.5 Å². The fourth-order valence-corrected chi connectivity index (χ4v) is 1.78. The molecule has 0 heterocycles. The van der Waals surface area contributed by atoms with E-state index < -0.39 is 0 Å². The zero-order chi connectivity index (χ0) is 11.9. The minimum Gasteiger partial charge on any atom is -0.504 e. The highest BCUT2D eigenvalue weighted by molar-refractivity contribution is 5.90. The second kappa shape index (κ2) is 3.52. The van der Waals surface area contributed by atoms with E-state index in [4.69, 9.17) is 0 Å². The van der Waals surface area contributed by atoms with Gasteiger partial charge in [0, 0.05) is 5.39 Å². The molecule has 0 aliphatic carbocycles. The lowest BCUT2D eigenvalue weighted by molar-refractivity contribution is 0.408. The fraction of sp³-hybridized carbons (Fsp3) is 0.154. The van der Waals surface area contributed by atoms with Gasteiger partial charge in [0.05, 0.1) is 0 Å². The van der Waals surface area contributed by atoms with Crippen LogP contribution in [0.4, 0.5) is 0 Å². The highest BCUT2D eigenvalue weighted by Gasteiger charge is 2.06. The highest BCUT2D eigenvalue weighted by atomic mass is 16.3. The first-order valence-corrected chi connectivity index (χ1v) is 4.97. The van der Waals surface area contributed by atoms with Gasteiger partial charge in [0.2, 0.25) is 0 Å². The summed E-state index contributed by atoms with van der Waals surface area (Å²) in [6.07, 6.45) is 0. The van der Waals surface area contributed by atoms with Crippen molar-refractivity contribution in [1.82, 2.24) is 0 Å². The summed E-state index contributed by atoms with van der Waals surface area (Å²) in [4.78, 5) is 11.7. The summed E-state index contributed by atoms with van der Waals surface area (Å²) in [7, 11) is 0. The third kappa shape index (κ3) is 1.50. The van der Waals surface area contributed by atoms with E-state index in [-0.39, 0.29) is 16.9 Å². The maximum Gasteiger partial charge on any atom is 0.184 e. The van der Waals surface area contributed by atoms with E-state index in [1.54, 1.807) is 32.0 Å². The van der Waals surface area contributed by atoms with Crippen LogP contribution in [0.15, 0.2) is 29.1 Å². The summed E-state index contributed by atoms with van der Waals surface area (Å²) in [5.41, 5.74) is 1.13. The molecule has 0 bridgehead atoms. The Morgan fingerprint density at radius 1 is 1.00 bits per heavy atom. The summed E-state index contributed by atoms with van der Waals surface area (Å²) in [5, 5.41) is 20.3. The van der Waals surface area contributed by atoms with Crippen molar-refractivity contribution in [2.75, 3.05) is 0 Å². The van der Waals surface area contributed by atoms with E-state index in [9.17, 15) is 15.0 Å². The molecule has 0 fully saturated rings. The van der Waals surface area contributed by atoms with Crippen molar-refractivity contribution in [3.63, 3.8) is 0 Å². The Morgan fingerprint density at radius 2 is 1.62 bits per heavy atom. The summed E-state index contributed by atoms with van der Waals surface area (Å²) in [5.74, 6) is -0.362. The minimum atomic E-state index is -0.185. The highest BCUT2D eigenvalue weighted by Crippen LogP contribution is 2.32. The largest absolute Gasteiger partial charge is 0.504 e. The first-order chi connectivity index (χ1) is 7.50. The number of aromatic hydroxyl groups is 2. The van der Waals surface area contributed by atoms with Gasteiger partial charge in [-0.15, -0.1) is 0 Å². The molecule has 0 aliphatic rings. The number of phenolic OH excluding ortho intramolecular Hbond substituents is 2. The molecule has 0 atom stereocenters. The van der Waals surface area contributed by atoms with Gasteiger partial charge in [0.15, 0.2) is 16.9 Å². The smallest absolute Gasteiger partial charge is 0.184 e. The molecule has 3 nitrogen and oxygen atoms in total. The van der Waals surface area contributed by atoms with Gasteiger partial charge in [0.1, 0.15) is 0 Å². The second-order valence-corrected chi connectivity index (χ2v) is 3.92. The second-order valence-electron chi connectivity index (χ2n) is 3.92. The van der Waals surface area contributed by atoms with Gasteiger partial charge in [-0.1, -0.05) is 6.07 Å². The standard InChI is InChI=1S/C13H12O3/c1-7-5-9-3-4-11(14)13(16)10(9)6-8(2)12(7)15/h3-6,14,16H,1-2H3. The van der Waals surface area contributed by atoms with Gasteiger partial charge in [-0.2, -0.15) is 0 Å². The normalized spacial score (nSPS) is 10.6. The first kappa shape index (κ1) is 10.5. The minimum absolute atomic E-state index is 0.0462. The van der Waals surface area contributed by atoms with Crippen molar-refractivity contribution in [2.24, 2.45) is 0 Å². The van der Waals surface area contributed by atoms with Crippen LogP contribution in [0.1, 0.15) is 11.1 Å². The van der Waals surface area contributed by atoms with Crippen molar-refractivity contribution in [3.05, 3.63) is 45.6 Å². The maximum atomic E-state index is 11.7. The van der Waals surface area contributed by atoms with Gasteiger partial charge in [0.25, 0.3) is 0 Å². The van der Waals surface area contributed by atoms with Crippen LogP contribution in [0, 0.1) is 13.8 Å². The Labute approximate surface area is 92.6 Å². The average molecular weight is 216 g/mol. The van der Waals surface area contributed by atoms with E-state index in [1.165, 1.54) is 6.07 Å². The Kier molecular flexibility index (Phi) is 2.31. The summed E-state index contributed by atoms with van der Waals surface area (Å²) in [6, 6.07) is 6.40. The molecule has 82 valence electrons. The van der Waals surface area contributed by atoms with E-state index in [1.807, 2.05) is 0 Å². The number of fused-ring (bicyclic) bond motifs is 1. The van der Waals surface area contributed by atoms with Gasteiger partial charge in [-0.3, -0.25) is 4.79 Å². The number of hydrogen-bond donors (Lipinski definition) is 2. The number of benzene rings is 1. The third-order valence-electron chi connectivity index (χ3n) is 2.68. The molecule has 2 aromatic rings. The van der Waals surface area contributed by atoms with E-state index in [0.29, 0.717) is 16.5 Å². The van der Waals surface area contributed by atoms with Gasteiger partial charge in [-0.25, -0.2) is 0 Å². The van der Waals surface area contributed by atoms with Crippen molar-refractivity contribution in [2.45, 2.75) is 13.8 Å². The third-order valence-corrected chi connectivity index (χ3v) is 2.68. The number of hydrogen-bond acceptors (Lipinski definition) is 3. The van der Waals surface area contributed by atoms with E-state index in [2.05, 4.69) is 0 Å². The van der Waals surface area contributed by atoms with Crippen LogP contribution >= 0.6 is 0 Å². The van der Waals surface area contributed by atoms with Crippen LogP contribution in [-0.2, 0) is 0 Å². The molecular formula is C13H12O3. The molecule has 2 aromatic carbocycles. The van der Waals surface area contributed by atoms with Crippen LogP contribution in [0.2, 0.25) is 0 Å². The van der Waals surface area contributed by atoms with Crippen molar-refractivity contribution < 1.29 is 10.2 Å². The Bertz CT molecular complexity index is 630. The van der Waals surface area contributed by atoms with E-state index >= 15 is 0 Å². The van der Waals surface area contributed by atoms with Gasteiger partial charge < -0.3 is 10.2 Å². The first-order valence-electron chi connectivity index (χ1n) is 4.97. The van der Waals surface area contributed by atoms with Gasteiger partial charge in [-0.05, 0) is 48.6 Å². The monoisotopic (exact) mass is 216 g/mol. The zero-order valence-electron chi connectivity index (χ0n) is 9.11. The predicted octanol–water partition coefficient (Wildman–Crippen LogP) is 2.23. The molecular weight excluding hydrogens is 204 g/mol. The lowest BCUT2D eigenvalue weighted by Crippen LogP contribution is -2.03. The SMILES string of the molecule is Cc1cc2ccc(O)c(O)c2cc(C)c1=O. The van der Waals surface area contributed by atoms with Crippen LogP contribution in [0.3, 0.4) is 0 Å². The summed E-state index contributed by atoms with van der Waals surface area (Å²) >= 11 is 0. The van der Waals surface area contributed by atoms with Gasteiger partial charge >= 0.3 is 0 Å². The van der Waals surface area contributed by atoms with Crippen LogP contribution in [-0.4, -0.2) is 10.2 Å². The van der Waals surface area contributed by atoms with E-state index in [0.717, 1.165) is 5.39 Å². The van der Waals surface area contributed by atoms with Crippen LogP contribution < -0.4 is 5.43 Å². The fourth-order valence-electron chi connectivity index (χ4n) is 1.78. The Morgan fingerprint density at radius 3 is 2.31 bits per heavy atom. The summed E-state index contributed by atoms with van der Waals surface area (Å²) in [6.45, 7) is 3.43. The molecule has 0 unspecified atom stereocenters. The molecule has 0 saturated heterocycles. The topological polar surface area (TPSA) is 57.5 Å². The summed E-state index contributed by atoms with van der Waals surface area (Å²) < 4.78 is 0. The molecule has 0 saturated carbocycles. The quantitative estimate of drug-likeness (QED) is 0.664. The lowest BCUT2D eigenvalue weighted by Gasteiger charge is -2.00. The molecule has 0 aliphatic heterocycles. The maximum absolute atomic E-state index is 11.7. The molecule has 2 N–H and O–H groups in total. The van der Waals surface area contributed by atoms with Crippen molar-refractivity contribution >= 4 is 10.8 Å². The van der Waals surface area contributed by atoms with Crippen molar-refractivity contribution in [1.29, 1.82) is 0 Å². The molecule has 0 radical (unpaired) electrons. The predicted molar refractivity (Wildman–Crippen MR) is 63.0 cm³/mol. The van der Waals surface area contributed by atoms with Crippen LogP contribution in [0.5, 0.6) is 11.5 Å². The number of phenols is 2. The Balaban J connectivity index is 3.06. The molecule has 2 rings (SSSR count). The molecule has 0 aromatic heterocycles. The molecule has 0 spiro atoms. The number of aryl methyl sites for hydroxylation is 2. The zero-order valence-corrected chi connectivity index (χ0v) is 9.11. The molecule has 3 heteroatoms. The molecule has 16 heavy (non-hydrogen) atoms.